The quantitative estimate of drug-likeness (QED) is 0.486. The summed E-state index contributed by atoms with van der Waals surface area (Å²) in [6, 6.07) is 6.08. The van der Waals surface area contributed by atoms with E-state index in [-0.39, 0.29) is 19.1 Å². The summed E-state index contributed by atoms with van der Waals surface area (Å²) < 4.78 is 5.04. The van der Waals surface area contributed by atoms with Crippen molar-refractivity contribution in [2.75, 3.05) is 19.8 Å². The van der Waals surface area contributed by atoms with E-state index < -0.39 is 18.6 Å². The first-order chi connectivity index (χ1) is 9.02. The summed E-state index contributed by atoms with van der Waals surface area (Å²) in [5.41, 5.74) is 5.30. The van der Waals surface area contributed by atoms with Gasteiger partial charge in [-0.15, -0.1) is 0 Å². The lowest BCUT2D eigenvalue weighted by atomic mass is 10.2. The maximum absolute atomic E-state index is 11.6. The molecular formula is C12H16N2O5. The number of ether oxygens (including phenoxy) is 1. The molecule has 104 valence electrons. The fraction of sp³-hybridized carbons (Fsp3) is 0.333. The second-order valence-corrected chi connectivity index (χ2v) is 3.83. The van der Waals surface area contributed by atoms with Crippen LogP contribution in [0.2, 0.25) is 0 Å². The molecule has 1 aromatic carbocycles. The normalized spacial score (nSPS) is 11.7. The lowest BCUT2D eigenvalue weighted by Crippen LogP contribution is -2.33. The minimum absolute atomic E-state index is 0.0325. The van der Waals surface area contributed by atoms with Gasteiger partial charge < -0.3 is 26.0 Å². The maximum atomic E-state index is 11.6. The van der Waals surface area contributed by atoms with Gasteiger partial charge in [-0.25, -0.2) is 0 Å². The number of aliphatic hydroxyl groups excluding tert-OH is 2. The van der Waals surface area contributed by atoms with E-state index in [1.54, 1.807) is 0 Å². The molecule has 2 amide bonds. The Morgan fingerprint density at radius 3 is 2.47 bits per heavy atom. The number of nitrogens with one attached hydrogen (secondary N) is 1. The Bertz CT molecular complexity index is 432. The largest absolute Gasteiger partial charge is 0.484 e. The Morgan fingerprint density at radius 1 is 1.32 bits per heavy atom. The van der Waals surface area contributed by atoms with Crippen LogP contribution >= 0.6 is 0 Å². The molecule has 0 aromatic heterocycles. The van der Waals surface area contributed by atoms with Crippen molar-refractivity contribution in [3.8, 4) is 5.75 Å². The number of aliphatic hydroxyl groups is 2. The van der Waals surface area contributed by atoms with Crippen LogP contribution in [0.25, 0.3) is 0 Å². The predicted octanol–water partition coefficient (Wildman–Crippen LogP) is -1.37. The van der Waals surface area contributed by atoms with Crippen LogP contribution in [0.15, 0.2) is 24.3 Å². The van der Waals surface area contributed by atoms with Gasteiger partial charge in [-0.1, -0.05) is 0 Å². The molecule has 1 aromatic rings. The van der Waals surface area contributed by atoms with Gasteiger partial charge >= 0.3 is 0 Å². The molecule has 0 heterocycles. The number of primary amides is 1. The molecule has 7 heteroatoms. The van der Waals surface area contributed by atoms with E-state index >= 15 is 0 Å². The first-order valence-corrected chi connectivity index (χ1v) is 5.61. The summed E-state index contributed by atoms with van der Waals surface area (Å²) in [5, 5.41) is 20.1. The highest BCUT2D eigenvalue weighted by atomic mass is 16.5. The van der Waals surface area contributed by atoms with Crippen molar-refractivity contribution in [2.45, 2.75) is 6.10 Å². The Labute approximate surface area is 110 Å². The van der Waals surface area contributed by atoms with Crippen molar-refractivity contribution in [3.63, 3.8) is 0 Å². The zero-order valence-electron chi connectivity index (χ0n) is 10.2. The van der Waals surface area contributed by atoms with Crippen molar-refractivity contribution >= 4 is 11.8 Å². The molecule has 0 saturated heterocycles. The van der Waals surface area contributed by atoms with E-state index in [1.807, 2.05) is 0 Å². The lowest BCUT2D eigenvalue weighted by Gasteiger charge is -2.09. The van der Waals surface area contributed by atoms with Crippen LogP contribution in [0.3, 0.4) is 0 Å². The molecule has 7 nitrogen and oxygen atoms in total. The molecule has 0 fully saturated rings. The molecule has 0 radical (unpaired) electrons. The van der Waals surface area contributed by atoms with Gasteiger partial charge in [0.15, 0.2) is 6.61 Å². The summed E-state index contributed by atoms with van der Waals surface area (Å²) in [6.45, 7) is -0.677. The Kier molecular flexibility index (Phi) is 5.77. The summed E-state index contributed by atoms with van der Waals surface area (Å²) in [7, 11) is 0. The molecule has 1 rings (SSSR count). The average Bonchev–Trinajstić information content (AvgIpc) is 2.42. The van der Waals surface area contributed by atoms with Crippen molar-refractivity contribution in [1.82, 2.24) is 5.32 Å². The van der Waals surface area contributed by atoms with Crippen LogP contribution < -0.4 is 15.8 Å². The Morgan fingerprint density at radius 2 is 1.95 bits per heavy atom. The van der Waals surface area contributed by atoms with Crippen molar-refractivity contribution in [1.29, 1.82) is 0 Å². The summed E-state index contributed by atoms with van der Waals surface area (Å²) >= 11 is 0. The van der Waals surface area contributed by atoms with E-state index in [0.29, 0.717) is 11.3 Å². The van der Waals surface area contributed by atoms with Crippen LogP contribution in [0.1, 0.15) is 10.4 Å². The molecule has 0 aliphatic heterocycles. The number of nitrogens with two attached hydrogens (primary N) is 1. The summed E-state index contributed by atoms with van der Waals surface area (Å²) in [4.78, 5) is 22.1. The lowest BCUT2D eigenvalue weighted by molar-refractivity contribution is -0.119. The molecule has 0 spiro atoms. The van der Waals surface area contributed by atoms with Gasteiger partial charge in [-0.05, 0) is 24.3 Å². The second kappa shape index (κ2) is 7.34. The fourth-order valence-corrected chi connectivity index (χ4v) is 1.23. The smallest absolute Gasteiger partial charge is 0.255 e. The van der Waals surface area contributed by atoms with Gasteiger partial charge in [-0.2, -0.15) is 0 Å². The third kappa shape index (κ3) is 5.36. The van der Waals surface area contributed by atoms with Crippen LogP contribution in [0.4, 0.5) is 0 Å². The summed E-state index contributed by atoms with van der Waals surface area (Å²) in [6.07, 6.45) is -0.984. The van der Waals surface area contributed by atoms with Gasteiger partial charge in [-0.3, -0.25) is 9.59 Å². The molecule has 0 aliphatic carbocycles. The minimum atomic E-state index is -0.984. The van der Waals surface area contributed by atoms with E-state index in [0.717, 1.165) is 0 Å². The van der Waals surface area contributed by atoms with Crippen LogP contribution in [-0.4, -0.2) is 47.9 Å². The highest BCUT2D eigenvalue weighted by Crippen LogP contribution is 2.11. The van der Waals surface area contributed by atoms with Crippen LogP contribution in [0, 0.1) is 0 Å². The number of benzene rings is 1. The zero-order chi connectivity index (χ0) is 14.3. The van der Waals surface area contributed by atoms with Crippen LogP contribution in [-0.2, 0) is 4.79 Å². The van der Waals surface area contributed by atoms with Gasteiger partial charge in [0.1, 0.15) is 5.75 Å². The molecule has 0 saturated carbocycles. The minimum Gasteiger partial charge on any atom is -0.484 e. The van der Waals surface area contributed by atoms with Crippen molar-refractivity contribution in [2.24, 2.45) is 5.73 Å². The molecule has 0 bridgehead atoms. The topological polar surface area (TPSA) is 122 Å². The highest BCUT2D eigenvalue weighted by Gasteiger charge is 2.08. The first kappa shape index (κ1) is 14.9. The van der Waals surface area contributed by atoms with E-state index in [9.17, 15) is 9.59 Å². The molecule has 1 unspecified atom stereocenters. The molecule has 5 N–H and O–H groups in total. The fourth-order valence-electron chi connectivity index (χ4n) is 1.23. The Hall–Kier alpha value is -2.12. The highest BCUT2D eigenvalue weighted by molar-refractivity contribution is 5.94. The van der Waals surface area contributed by atoms with Gasteiger partial charge in [0.05, 0.1) is 12.7 Å². The predicted molar refractivity (Wildman–Crippen MR) is 66.6 cm³/mol. The van der Waals surface area contributed by atoms with E-state index in [4.69, 9.17) is 20.7 Å². The molecule has 19 heavy (non-hydrogen) atoms. The number of carbonyl (C=O) groups excluding carboxylic acids is 2. The van der Waals surface area contributed by atoms with Gasteiger partial charge in [0.25, 0.3) is 11.8 Å². The molecule has 1 atom stereocenters. The van der Waals surface area contributed by atoms with Gasteiger partial charge in [0, 0.05) is 12.1 Å². The maximum Gasteiger partial charge on any atom is 0.255 e. The SMILES string of the molecule is NC(=O)COc1ccc(C(=O)NCC(O)CO)cc1. The number of hydrogen-bond donors (Lipinski definition) is 4. The van der Waals surface area contributed by atoms with Crippen molar-refractivity contribution < 1.29 is 24.5 Å². The number of hydrogen-bond acceptors (Lipinski definition) is 5. The third-order valence-corrected chi connectivity index (χ3v) is 2.21. The first-order valence-electron chi connectivity index (χ1n) is 5.61. The monoisotopic (exact) mass is 268 g/mol. The van der Waals surface area contributed by atoms with E-state index in [2.05, 4.69) is 5.32 Å². The van der Waals surface area contributed by atoms with Crippen LogP contribution in [0.5, 0.6) is 5.75 Å². The van der Waals surface area contributed by atoms with Crippen molar-refractivity contribution in [3.05, 3.63) is 29.8 Å². The standard InChI is InChI=1S/C12H16N2O5/c13-11(17)7-19-10-3-1-8(2-4-10)12(18)14-5-9(16)6-15/h1-4,9,15-16H,5-7H2,(H2,13,17)(H,14,18). The third-order valence-electron chi connectivity index (χ3n) is 2.21. The molecular weight excluding hydrogens is 252 g/mol. The zero-order valence-corrected chi connectivity index (χ0v) is 10.2. The number of rotatable bonds is 7. The summed E-state index contributed by atoms with van der Waals surface area (Å²) in [5.74, 6) is -0.542. The van der Waals surface area contributed by atoms with E-state index in [1.165, 1.54) is 24.3 Å². The number of carbonyl (C=O) groups is 2. The molecule has 0 aliphatic rings. The number of amides is 2. The second-order valence-electron chi connectivity index (χ2n) is 3.83. The van der Waals surface area contributed by atoms with Gasteiger partial charge in [0.2, 0.25) is 0 Å². The average molecular weight is 268 g/mol. The Balaban J connectivity index is 2.50.